The summed E-state index contributed by atoms with van der Waals surface area (Å²) in [4.78, 5) is 16.7. The predicted molar refractivity (Wildman–Crippen MR) is 148 cm³/mol. The summed E-state index contributed by atoms with van der Waals surface area (Å²) in [5.41, 5.74) is 4.09. The van der Waals surface area contributed by atoms with E-state index in [1.807, 2.05) is 26.1 Å². The fourth-order valence-corrected chi connectivity index (χ4v) is 4.02. The van der Waals surface area contributed by atoms with Crippen molar-refractivity contribution in [2.45, 2.75) is 20.3 Å². The number of hydrogen-bond donors (Lipinski definition) is 4. The van der Waals surface area contributed by atoms with E-state index in [1.165, 1.54) is 12.1 Å². The quantitative estimate of drug-likeness (QED) is 0.157. The first-order valence-corrected chi connectivity index (χ1v) is 11.9. The summed E-state index contributed by atoms with van der Waals surface area (Å²) in [7, 11) is 3.16. The van der Waals surface area contributed by atoms with E-state index < -0.39 is 0 Å². The van der Waals surface area contributed by atoms with Gasteiger partial charge in [-0.15, -0.1) is 0 Å². The number of nitrogens with one attached hydrogen (secondary N) is 4. The second-order valence-corrected chi connectivity index (χ2v) is 8.64. The number of methoxy groups -OCH3 is 2. The Labute approximate surface area is 219 Å². The minimum Gasteiger partial charge on any atom is -0.497 e. The van der Waals surface area contributed by atoms with E-state index in [2.05, 4.69) is 35.9 Å². The molecule has 0 aliphatic rings. The second-order valence-electron chi connectivity index (χ2n) is 8.23. The number of aryl methyl sites for hydroxylation is 2. The van der Waals surface area contributed by atoms with Crippen LogP contribution in [0.2, 0.25) is 0 Å². The Kier molecular flexibility index (Phi) is 8.14. The molecule has 0 amide bonds. The molecular weight excluding hydrogens is 493 g/mol. The average Bonchev–Trinajstić information content (AvgIpc) is 3.25. The maximum atomic E-state index is 13.8. The van der Waals surface area contributed by atoms with Gasteiger partial charge < -0.3 is 25.1 Å². The van der Waals surface area contributed by atoms with E-state index in [0.29, 0.717) is 42.1 Å². The summed E-state index contributed by atoms with van der Waals surface area (Å²) < 4.78 is 24.5. The Balaban J connectivity index is 1.53. The summed E-state index contributed by atoms with van der Waals surface area (Å²) >= 11 is 5.55. The van der Waals surface area contributed by atoms with Gasteiger partial charge in [0.15, 0.2) is 5.11 Å². The van der Waals surface area contributed by atoms with Gasteiger partial charge >= 0.3 is 0 Å². The highest BCUT2D eigenvalue weighted by molar-refractivity contribution is 7.80. The first-order chi connectivity index (χ1) is 17.8. The van der Waals surface area contributed by atoms with Crippen LogP contribution in [0.3, 0.4) is 0 Å². The Morgan fingerprint density at radius 2 is 1.81 bits per heavy atom. The average molecular weight is 522 g/mol. The standard InChI is InChI=1S/C26H28FN7O2S/c1-15-11-16(2)31-25(30-15)33-24(28-10-9-17-14-29-21-7-5-18(27)12-20(17)21)34-26(37)32-22-13-19(35-3)6-8-23(22)36-4/h5-8,11-14,29H,9-10H2,1-4H3,(H3,28,30,31,32,33,34,37). The van der Waals surface area contributed by atoms with Crippen LogP contribution in [0.15, 0.2) is 53.7 Å². The molecule has 2 aromatic heterocycles. The Morgan fingerprint density at radius 1 is 1.03 bits per heavy atom. The zero-order chi connectivity index (χ0) is 26.4. The molecule has 0 atom stereocenters. The molecule has 0 unspecified atom stereocenters. The molecule has 4 aromatic rings. The molecule has 2 heterocycles. The number of aromatic amines is 1. The van der Waals surface area contributed by atoms with Crippen LogP contribution in [0, 0.1) is 19.7 Å². The van der Waals surface area contributed by atoms with Gasteiger partial charge in [-0.25, -0.2) is 14.4 Å². The minimum absolute atomic E-state index is 0.274. The van der Waals surface area contributed by atoms with Crippen LogP contribution in [-0.2, 0) is 6.42 Å². The van der Waals surface area contributed by atoms with Crippen molar-refractivity contribution in [3.05, 3.63) is 71.4 Å². The molecule has 0 radical (unpaired) electrons. The number of hydrogen-bond acceptors (Lipinski definition) is 6. The zero-order valence-corrected chi connectivity index (χ0v) is 21.8. The summed E-state index contributed by atoms with van der Waals surface area (Å²) in [6.45, 7) is 4.18. The Bertz CT molecular complexity index is 1430. The molecule has 4 N–H and O–H groups in total. The van der Waals surface area contributed by atoms with Gasteiger partial charge in [0.2, 0.25) is 11.9 Å². The number of guanidine groups is 1. The van der Waals surface area contributed by atoms with Crippen molar-refractivity contribution in [2.24, 2.45) is 4.99 Å². The number of thiocarbonyl (C=S) groups is 1. The van der Waals surface area contributed by atoms with E-state index in [9.17, 15) is 4.39 Å². The largest absolute Gasteiger partial charge is 0.497 e. The van der Waals surface area contributed by atoms with Crippen LogP contribution in [0.25, 0.3) is 10.9 Å². The monoisotopic (exact) mass is 521 g/mol. The highest BCUT2D eigenvalue weighted by atomic mass is 32.1. The van der Waals surface area contributed by atoms with Crippen molar-refractivity contribution in [2.75, 3.05) is 31.4 Å². The number of anilines is 2. The molecule has 0 aliphatic carbocycles. The van der Waals surface area contributed by atoms with E-state index in [4.69, 9.17) is 21.7 Å². The van der Waals surface area contributed by atoms with Crippen molar-refractivity contribution < 1.29 is 13.9 Å². The van der Waals surface area contributed by atoms with Crippen molar-refractivity contribution in [1.82, 2.24) is 20.3 Å². The number of aromatic nitrogens is 3. The van der Waals surface area contributed by atoms with E-state index >= 15 is 0 Å². The van der Waals surface area contributed by atoms with Gasteiger partial charge in [0, 0.05) is 41.1 Å². The van der Waals surface area contributed by atoms with Crippen LogP contribution in [-0.4, -0.2) is 46.8 Å². The number of halogens is 1. The van der Waals surface area contributed by atoms with Crippen LogP contribution in [0.5, 0.6) is 11.5 Å². The lowest BCUT2D eigenvalue weighted by Gasteiger charge is -2.16. The van der Waals surface area contributed by atoms with E-state index in [0.717, 1.165) is 27.9 Å². The summed E-state index contributed by atoms with van der Waals surface area (Å²) in [6, 6.07) is 11.9. The lowest BCUT2D eigenvalue weighted by Crippen LogP contribution is -2.39. The van der Waals surface area contributed by atoms with Crippen molar-refractivity contribution in [1.29, 1.82) is 0 Å². The number of fused-ring (bicyclic) bond motifs is 1. The first kappa shape index (κ1) is 25.8. The van der Waals surface area contributed by atoms with Crippen molar-refractivity contribution in [3.63, 3.8) is 0 Å². The van der Waals surface area contributed by atoms with Crippen LogP contribution < -0.4 is 25.4 Å². The molecule has 4 rings (SSSR count). The highest BCUT2D eigenvalue weighted by Crippen LogP contribution is 2.28. The first-order valence-electron chi connectivity index (χ1n) is 11.5. The lowest BCUT2D eigenvalue weighted by molar-refractivity contribution is 0.405. The van der Waals surface area contributed by atoms with Gasteiger partial charge in [0.1, 0.15) is 17.3 Å². The second kappa shape index (κ2) is 11.7. The van der Waals surface area contributed by atoms with Gasteiger partial charge in [-0.2, -0.15) is 0 Å². The molecule has 2 aromatic carbocycles. The number of benzene rings is 2. The molecule has 0 fully saturated rings. The highest BCUT2D eigenvalue weighted by Gasteiger charge is 2.11. The lowest BCUT2D eigenvalue weighted by atomic mass is 10.1. The third-order valence-electron chi connectivity index (χ3n) is 5.48. The van der Waals surface area contributed by atoms with Crippen LogP contribution in [0.4, 0.5) is 16.0 Å². The number of H-pyrrole nitrogens is 1. The van der Waals surface area contributed by atoms with Crippen molar-refractivity contribution >= 4 is 45.8 Å². The number of ether oxygens (including phenoxy) is 2. The van der Waals surface area contributed by atoms with Gasteiger partial charge in [-0.05, 0) is 74.4 Å². The van der Waals surface area contributed by atoms with Crippen LogP contribution >= 0.6 is 12.2 Å². The fraction of sp³-hybridized carbons (Fsp3) is 0.231. The van der Waals surface area contributed by atoms with Gasteiger partial charge in [0.25, 0.3) is 0 Å². The third-order valence-corrected chi connectivity index (χ3v) is 5.68. The predicted octanol–water partition coefficient (Wildman–Crippen LogP) is 4.73. The minimum atomic E-state index is -0.280. The maximum absolute atomic E-state index is 13.8. The van der Waals surface area contributed by atoms with E-state index in [-0.39, 0.29) is 10.9 Å². The molecule has 0 saturated carbocycles. The normalized spacial score (nSPS) is 11.3. The molecule has 11 heteroatoms. The fourth-order valence-electron chi connectivity index (χ4n) is 3.82. The topological polar surface area (TPSA) is 108 Å². The Hall–Kier alpha value is -4.25. The third kappa shape index (κ3) is 6.70. The van der Waals surface area contributed by atoms with E-state index in [1.54, 1.807) is 38.5 Å². The summed E-state index contributed by atoms with van der Waals surface area (Å²) in [6.07, 6.45) is 2.45. The molecule has 192 valence electrons. The summed E-state index contributed by atoms with van der Waals surface area (Å²) in [5.74, 6) is 1.71. The molecular formula is C26H28FN7O2S. The number of nitrogens with zero attached hydrogens (tertiary/aromatic N) is 3. The maximum Gasteiger partial charge on any atom is 0.229 e. The smallest absolute Gasteiger partial charge is 0.229 e. The molecule has 0 aliphatic heterocycles. The Morgan fingerprint density at radius 3 is 2.54 bits per heavy atom. The molecule has 0 spiro atoms. The van der Waals surface area contributed by atoms with Gasteiger partial charge in [-0.1, -0.05) is 0 Å². The van der Waals surface area contributed by atoms with Crippen LogP contribution in [0.1, 0.15) is 17.0 Å². The van der Waals surface area contributed by atoms with Gasteiger partial charge in [0.05, 0.1) is 19.9 Å². The SMILES string of the molecule is COc1ccc(OC)c(NC(=S)NC(=NCCc2c[nH]c3ccc(F)cc23)Nc2nc(C)cc(C)n2)c1. The molecule has 0 saturated heterocycles. The van der Waals surface area contributed by atoms with Crippen molar-refractivity contribution in [3.8, 4) is 11.5 Å². The molecule has 37 heavy (non-hydrogen) atoms. The number of rotatable bonds is 7. The summed E-state index contributed by atoms with van der Waals surface area (Å²) in [5, 5.41) is 10.4. The molecule has 9 nitrogen and oxygen atoms in total. The number of aliphatic imine (C=N–C) groups is 1. The molecule has 0 bridgehead atoms. The van der Waals surface area contributed by atoms with Gasteiger partial charge in [-0.3, -0.25) is 10.3 Å². The zero-order valence-electron chi connectivity index (χ0n) is 21.0.